The molecule has 2 N–H and O–H groups in total. The van der Waals surface area contributed by atoms with Crippen molar-refractivity contribution in [2.75, 3.05) is 0 Å². The maximum atomic E-state index is 13.4. The highest BCUT2D eigenvalue weighted by Crippen LogP contribution is 2.39. The van der Waals surface area contributed by atoms with Crippen molar-refractivity contribution in [1.29, 1.82) is 0 Å². The van der Waals surface area contributed by atoms with Crippen LogP contribution in [0.25, 0.3) is 44.8 Å². The molecule has 0 aliphatic heterocycles. The number of non-ortho nitro benzene ring substituents is 1. The average Bonchev–Trinajstić information content (AvgIpc) is 3.44. The van der Waals surface area contributed by atoms with Crippen LogP contribution in [0, 0.1) is 10.1 Å². The van der Waals surface area contributed by atoms with Crippen LogP contribution in [0.4, 0.5) is 18.9 Å². The Balaban J connectivity index is 1.64. The lowest BCUT2D eigenvalue weighted by atomic mass is 10.0. The standard InChI is InChI=1S/C24H15F3N4O2/c25-24(26,27)16-8-11-18-19(12-16)21(14-4-2-1-3-5-14)30-22(18)20-13-28-23(29-20)15-6-9-17(10-7-15)31(32)33/h1-13,30H,(H,28,29). The van der Waals surface area contributed by atoms with Crippen LogP contribution in [0.15, 0.2) is 79.0 Å². The van der Waals surface area contributed by atoms with Gasteiger partial charge in [0.25, 0.3) is 5.69 Å². The Morgan fingerprint density at radius 2 is 1.55 bits per heavy atom. The zero-order valence-corrected chi connectivity index (χ0v) is 16.9. The molecule has 2 aromatic heterocycles. The molecule has 0 bridgehead atoms. The first-order chi connectivity index (χ1) is 15.8. The molecule has 0 amide bonds. The molecular formula is C24H15F3N4O2. The number of alkyl halides is 3. The molecule has 0 radical (unpaired) electrons. The van der Waals surface area contributed by atoms with E-state index in [1.54, 1.807) is 18.3 Å². The van der Waals surface area contributed by atoms with Crippen LogP contribution in [0.2, 0.25) is 0 Å². The van der Waals surface area contributed by atoms with E-state index in [0.717, 1.165) is 17.7 Å². The van der Waals surface area contributed by atoms with Crippen molar-refractivity contribution in [3.8, 4) is 34.0 Å². The van der Waals surface area contributed by atoms with Crippen molar-refractivity contribution < 1.29 is 18.1 Å². The van der Waals surface area contributed by atoms with Gasteiger partial charge in [-0.2, -0.15) is 13.2 Å². The van der Waals surface area contributed by atoms with Crippen LogP contribution in [-0.4, -0.2) is 19.9 Å². The van der Waals surface area contributed by atoms with E-state index in [-0.39, 0.29) is 5.69 Å². The molecule has 0 aliphatic carbocycles. The Labute approximate surface area is 184 Å². The number of nitrogens with one attached hydrogen (secondary N) is 2. The average molecular weight is 448 g/mol. The van der Waals surface area contributed by atoms with Crippen LogP contribution >= 0.6 is 0 Å². The third-order valence-electron chi connectivity index (χ3n) is 5.39. The van der Waals surface area contributed by atoms with Gasteiger partial charge in [-0.15, -0.1) is 0 Å². The molecule has 6 nitrogen and oxygen atoms in total. The fourth-order valence-corrected chi connectivity index (χ4v) is 3.79. The number of aromatic nitrogens is 3. The maximum absolute atomic E-state index is 13.4. The molecule has 33 heavy (non-hydrogen) atoms. The summed E-state index contributed by atoms with van der Waals surface area (Å²) in [5.41, 5.74) is 2.38. The minimum Gasteiger partial charge on any atom is -0.352 e. The number of imidazole rings is 1. The number of H-pyrrole nitrogens is 2. The number of benzene rings is 3. The van der Waals surface area contributed by atoms with E-state index in [4.69, 9.17) is 0 Å². The number of aromatic amines is 2. The van der Waals surface area contributed by atoms with Crippen LogP contribution in [0.1, 0.15) is 5.56 Å². The summed E-state index contributed by atoms with van der Waals surface area (Å²) in [6.45, 7) is 0. The summed E-state index contributed by atoms with van der Waals surface area (Å²) in [4.78, 5) is 21.2. The lowest BCUT2D eigenvalue weighted by Gasteiger charge is -2.07. The van der Waals surface area contributed by atoms with Gasteiger partial charge >= 0.3 is 6.18 Å². The van der Waals surface area contributed by atoms with Crippen LogP contribution in [0.3, 0.4) is 0 Å². The molecule has 0 unspecified atom stereocenters. The lowest BCUT2D eigenvalue weighted by molar-refractivity contribution is -0.384. The predicted octanol–water partition coefficient (Wildman–Crippen LogP) is 6.82. The number of rotatable bonds is 4. The van der Waals surface area contributed by atoms with Crippen molar-refractivity contribution in [1.82, 2.24) is 15.0 Å². The summed E-state index contributed by atoms with van der Waals surface area (Å²) in [6, 6.07) is 18.7. The second-order valence-corrected chi connectivity index (χ2v) is 7.45. The Hall–Kier alpha value is -4.40. The van der Waals surface area contributed by atoms with Crippen molar-refractivity contribution in [3.05, 3.63) is 94.7 Å². The minimum atomic E-state index is -4.46. The first-order valence-corrected chi connectivity index (χ1v) is 9.90. The minimum absolute atomic E-state index is 0.0335. The largest absolute Gasteiger partial charge is 0.416 e. The highest BCUT2D eigenvalue weighted by Gasteiger charge is 2.31. The summed E-state index contributed by atoms with van der Waals surface area (Å²) >= 11 is 0. The second-order valence-electron chi connectivity index (χ2n) is 7.45. The molecular weight excluding hydrogens is 433 g/mol. The monoisotopic (exact) mass is 448 g/mol. The SMILES string of the molecule is O=[N+]([O-])c1ccc(-c2ncc(-c3[nH]c(-c4ccccc4)c4cc(C(F)(F)F)ccc34)[nH]2)cc1. The molecule has 2 heterocycles. The lowest BCUT2D eigenvalue weighted by Crippen LogP contribution is -2.04. The third kappa shape index (κ3) is 3.73. The predicted molar refractivity (Wildman–Crippen MR) is 118 cm³/mol. The molecule has 0 saturated heterocycles. The molecule has 9 heteroatoms. The van der Waals surface area contributed by atoms with Gasteiger partial charge < -0.3 is 9.97 Å². The molecule has 0 saturated carbocycles. The van der Waals surface area contributed by atoms with E-state index < -0.39 is 16.7 Å². The second kappa shape index (κ2) is 7.63. The Bertz CT molecular complexity index is 1470. The summed E-state index contributed by atoms with van der Waals surface area (Å²) in [7, 11) is 0. The number of halogens is 3. The third-order valence-corrected chi connectivity index (χ3v) is 5.39. The summed E-state index contributed by atoms with van der Waals surface area (Å²) in [5.74, 6) is 0.482. The van der Waals surface area contributed by atoms with E-state index in [0.29, 0.717) is 39.2 Å². The normalized spacial score (nSPS) is 11.7. The zero-order valence-electron chi connectivity index (χ0n) is 16.9. The number of nitro groups is 1. The van der Waals surface area contributed by atoms with E-state index in [2.05, 4.69) is 15.0 Å². The summed E-state index contributed by atoms with van der Waals surface area (Å²) in [5, 5.41) is 11.9. The molecule has 0 aliphatic rings. The van der Waals surface area contributed by atoms with Gasteiger partial charge in [-0.25, -0.2) is 4.98 Å². The fourth-order valence-electron chi connectivity index (χ4n) is 3.79. The summed E-state index contributed by atoms with van der Waals surface area (Å²) < 4.78 is 40.1. The molecule has 0 atom stereocenters. The van der Waals surface area contributed by atoms with Crippen LogP contribution in [0.5, 0.6) is 0 Å². The fraction of sp³-hybridized carbons (Fsp3) is 0.0417. The number of hydrogen-bond donors (Lipinski definition) is 2. The van der Waals surface area contributed by atoms with Crippen molar-refractivity contribution >= 4 is 16.5 Å². The molecule has 3 aromatic carbocycles. The van der Waals surface area contributed by atoms with Gasteiger partial charge in [-0.1, -0.05) is 36.4 Å². The van der Waals surface area contributed by atoms with Gasteiger partial charge in [0, 0.05) is 28.5 Å². The van der Waals surface area contributed by atoms with E-state index >= 15 is 0 Å². The number of fused-ring (bicyclic) bond motifs is 1. The van der Waals surface area contributed by atoms with Gasteiger partial charge in [0.2, 0.25) is 0 Å². The smallest absolute Gasteiger partial charge is 0.352 e. The van der Waals surface area contributed by atoms with Gasteiger partial charge in [-0.3, -0.25) is 10.1 Å². The Kier molecular flexibility index (Phi) is 4.74. The van der Waals surface area contributed by atoms with Gasteiger partial charge in [0.1, 0.15) is 5.82 Å². The number of nitro benzene ring substituents is 1. The zero-order chi connectivity index (χ0) is 23.2. The van der Waals surface area contributed by atoms with Crippen LogP contribution in [-0.2, 0) is 6.18 Å². The first-order valence-electron chi connectivity index (χ1n) is 9.90. The van der Waals surface area contributed by atoms with Crippen molar-refractivity contribution in [3.63, 3.8) is 0 Å². The molecule has 0 spiro atoms. The van der Waals surface area contributed by atoms with Gasteiger partial charge in [-0.05, 0) is 29.8 Å². The highest BCUT2D eigenvalue weighted by molar-refractivity contribution is 6.04. The van der Waals surface area contributed by atoms with E-state index in [1.807, 2.05) is 30.3 Å². The number of nitrogens with zero attached hydrogens (tertiary/aromatic N) is 2. The Morgan fingerprint density at radius 1 is 0.818 bits per heavy atom. The van der Waals surface area contributed by atoms with Gasteiger partial charge in [0.15, 0.2) is 0 Å². The molecule has 164 valence electrons. The quantitative estimate of drug-likeness (QED) is 0.234. The van der Waals surface area contributed by atoms with E-state index in [9.17, 15) is 23.3 Å². The van der Waals surface area contributed by atoms with Crippen LogP contribution < -0.4 is 0 Å². The highest BCUT2D eigenvalue weighted by atomic mass is 19.4. The summed E-state index contributed by atoms with van der Waals surface area (Å²) in [6.07, 6.45) is -2.88. The maximum Gasteiger partial charge on any atom is 0.416 e. The topological polar surface area (TPSA) is 87.6 Å². The molecule has 5 aromatic rings. The number of hydrogen-bond acceptors (Lipinski definition) is 3. The van der Waals surface area contributed by atoms with Gasteiger partial charge in [0.05, 0.1) is 33.8 Å². The van der Waals surface area contributed by atoms with E-state index in [1.165, 1.54) is 18.2 Å². The Morgan fingerprint density at radius 3 is 2.21 bits per heavy atom. The molecule has 0 fully saturated rings. The first kappa shape index (κ1) is 20.5. The molecule has 5 rings (SSSR count). The van der Waals surface area contributed by atoms with Crippen molar-refractivity contribution in [2.24, 2.45) is 0 Å². The van der Waals surface area contributed by atoms with Crippen molar-refractivity contribution in [2.45, 2.75) is 6.18 Å².